The second kappa shape index (κ2) is 41.1. The van der Waals surface area contributed by atoms with E-state index < -0.39 is 0 Å². The lowest BCUT2D eigenvalue weighted by molar-refractivity contribution is 0.646. The summed E-state index contributed by atoms with van der Waals surface area (Å²) in [5, 5.41) is 0. The Balaban J connectivity index is -0.000000232. The van der Waals surface area contributed by atoms with Crippen molar-refractivity contribution in [3.8, 4) is 0 Å². The Kier molecular flexibility index (Phi) is 46.6. The molecule has 0 unspecified atom stereocenters. The van der Waals surface area contributed by atoms with Crippen molar-refractivity contribution in [1.29, 1.82) is 0 Å². The number of rotatable bonds is 14. The molecule has 37 heavy (non-hydrogen) atoms. The van der Waals surface area contributed by atoms with Gasteiger partial charge in [0.1, 0.15) is 0 Å². The molecule has 0 aromatic heterocycles. The van der Waals surface area contributed by atoms with Crippen molar-refractivity contribution >= 4 is 0 Å². The minimum absolute atomic E-state index is 1.17. The van der Waals surface area contributed by atoms with E-state index in [4.69, 9.17) is 0 Å². The van der Waals surface area contributed by atoms with Crippen molar-refractivity contribution in [2.24, 2.45) is 0 Å². The van der Waals surface area contributed by atoms with E-state index in [9.17, 15) is 0 Å². The molecule has 2 rings (SSSR count). The van der Waals surface area contributed by atoms with Crippen molar-refractivity contribution in [3.63, 3.8) is 0 Å². The molecular weight excluding hydrogens is 444 g/mol. The molecule has 0 amide bonds. The zero-order chi connectivity index (χ0) is 29.0. The van der Waals surface area contributed by atoms with Crippen LogP contribution in [0.4, 0.5) is 0 Å². The van der Waals surface area contributed by atoms with Gasteiger partial charge in [0.05, 0.1) is 0 Å². The third-order valence-electron chi connectivity index (χ3n) is 5.21. The van der Waals surface area contributed by atoms with E-state index in [1.54, 1.807) is 0 Å². The van der Waals surface area contributed by atoms with Crippen molar-refractivity contribution in [3.05, 3.63) is 96.6 Å². The van der Waals surface area contributed by atoms with Crippen molar-refractivity contribution in [2.45, 2.75) is 139 Å². The Morgan fingerprint density at radius 2 is 0.811 bits per heavy atom. The van der Waals surface area contributed by atoms with Crippen molar-refractivity contribution < 1.29 is 0 Å². The molecule has 0 aliphatic carbocycles. The van der Waals surface area contributed by atoms with Crippen LogP contribution in [0.1, 0.15) is 136 Å². The fourth-order valence-corrected chi connectivity index (χ4v) is 3.34. The lowest BCUT2D eigenvalue weighted by atomic mass is 10.0. The van der Waals surface area contributed by atoms with Crippen LogP contribution in [0.15, 0.2) is 79.9 Å². The maximum atomic E-state index is 3.73. The highest BCUT2D eigenvalue weighted by Crippen LogP contribution is 2.10. The Morgan fingerprint density at radius 3 is 1.19 bits per heavy atom. The average molecular weight is 511 g/mol. The second-order valence-electron chi connectivity index (χ2n) is 7.95. The quantitative estimate of drug-likeness (QED) is 0.175. The van der Waals surface area contributed by atoms with Crippen LogP contribution in [-0.4, -0.2) is 0 Å². The fraction of sp³-hybridized carbons (Fsp3) is 0.568. The highest BCUT2D eigenvalue weighted by Gasteiger charge is 1.94. The van der Waals surface area contributed by atoms with E-state index in [1.807, 2.05) is 67.5 Å². The topological polar surface area (TPSA) is 0 Å². The van der Waals surface area contributed by atoms with Crippen LogP contribution < -0.4 is 0 Å². The van der Waals surface area contributed by atoms with Gasteiger partial charge in [0.2, 0.25) is 0 Å². The van der Waals surface area contributed by atoms with Crippen LogP contribution in [0.3, 0.4) is 0 Å². The van der Waals surface area contributed by atoms with Gasteiger partial charge in [0, 0.05) is 0 Å². The Morgan fingerprint density at radius 1 is 0.459 bits per heavy atom. The number of benzene rings is 2. The van der Waals surface area contributed by atoms with Gasteiger partial charge < -0.3 is 0 Å². The summed E-state index contributed by atoms with van der Waals surface area (Å²) in [4.78, 5) is 0. The van der Waals surface area contributed by atoms with Crippen molar-refractivity contribution in [1.82, 2.24) is 0 Å². The van der Waals surface area contributed by atoms with Crippen LogP contribution in [-0.2, 0) is 12.8 Å². The van der Waals surface area contributed by atoms with E-state index in [2.05, 4.69) is 74.7 Å². The first-order chi connectivity index (χ1) is 18.3. The van der Waals surface area contributed by atoms with Crippen LogP contribution >= 0.6 is 0 Å². The van der Waals surface area contributed by atoms with Gasteiger partial charge in [0.15, 0.2) is 0 Å². The summed E-state index contributed by atoms with van der Waals surface area (Å²) in [6.45, 7) is 25.6. The Hall–Kier alpha value is -2.08. The first-order valence-electron chi connectivity index (χ1n) is 15.6. The van der Waals surface area contributed by atoms with Gasteiger partial charge in [-0.05, 0) is 69.4 Å². The van der Waals surface area contributed by atoms with Gasteiger partial charge in [-0.2, -0.15) is 0 Å². The first kappa shape index (κ1) is 42.0. The Labute approximate surface area is 235 Å². The first-order valence-corrected chi connectivity index (χ1v) is 15.6. The summed E-state index contributed by atoms with van der Waals surface area (Å²) in [7, 11) is 0. The third-order valence-corrected chi connectivity index (χ3v) is 5.21. The molecule has 0 nitrogen and oxygen atoms in total. The number of allylic oxidation sites excluding steroid dienone is 2. The Bertz CT molecular complexity index is 621. The highest BCUT2D eigenvalue weighted by atomic mass is 14.0. The normalized spacial score (nSPS) is 8.57. The molecule has 0 N–H and O–H groups in total. The smallest absolute Gasteiger partial charge is 0.0279 e. The van der Waals surface area contributed by atoms with Gasteiger partial charge in [-0.25, -0.2) is 0 Å². The van der Waals surface area contributed by atoms with Crippen LogP contribution in [0, 0.1) is 6.92 Å². The molecule has 214 valence electrons. The summed E-state index contributed by atoms with van der Waals surface area (Å²) < 4.78 is 0. The number of unbranched alkanes of at least 4 members (excludes halogenated alkanes) is 8. The van der Waals surface area contributed by atoms with Gasteiger partial charge >= 0.3 is 0 Å². The van der Waals surface area contributed by atoms with E-state index in [0.29, 0.717) is 0 Å². The largest absolute Gasteiger partial charge is 0.103 e. The molecule has 0 bridgehead atoms. The molecule has 0 aliphatic heterocycles. The van der Waals surface area contributed by atoms with E-state index in [1.165, 1.54) is 93.7 Å². The molecular formula is C37H66. The molecule has 0 fully saturated rings. The molecule has 2 aromatic carbocycles. The van der Waals surface area contributed by atoms with Crippen LogP contribution in [0.5, 0.6) is 0 Å². The molecule has 0 heterocycles. The molecule has 0 spiro atoms. The number of aryl methyl sites for hydroxylation is 3. The zero-order valence-electron chi connectivity index (χ0n) is 26.8. The monoisotopic (exact) mass is 511 g/mol. The lowest BCUT2D eigenvalue weighted by Gasteiger charge is -2.02. The van der Waals surface area contributed by atoms with E-state index in [0.717, 1.165) is 0 Å². The molecule has 0 aliphatic rings. The maximum Gasteiger partial charge on any atom is -0.0279 e. The summed E-state index contributed by atoms with van der Waals surface area (Å²) in [6, 6.07) is 19.6. The average Bonchev–Trinajstić information content (AvgIpc) is 2.99. The fourth-order valence-electron chi connectivity index (χ4n) is 3.34. The summed E-state index contributed by atoms with van der Waals surface area (Å²) in [6.07, 6.45) is 19.5. The van der Waals surface area contributed by atoms with Gasteiger partial charge in [-0.3, -0.25) is 0 Å². The van der Waals surface area contributed by atoms with Gasteiger partial charge in [-0.15, -0.1) is 13.2 Å². The summed E-state index contributed by atoms with van der Waals surface area (Å²) >= 11 is 0. The standard InChI is InChI=1S/C15H22.C14H20.4C2H6/c1-3-4-5-6-7-8-9-15-12-10-14(2)11-13-15;1-2-3-4-5-6-8-11-14-12-9-7-10-13-14;4*1-2/h3,10-13H,1,4-9H2,2H3;2,7,9-10,12-13H,1,3-6,8,11H2;4*1-2H3. The lowest BCUT2D eigenvalue weighted by Crippen LogP contribution is -1.86. The van der Waals surface area contributed by atoms with E-state index in [-0.39, 0.29) is 0 Å². The highest BCUT2D eigenvalue weighted by molar-refractivity contribution is 5.21. The van der Waals surface area contributed by atoms with Gasteiger partial charge in [0.25, 0.3) is 0 Å². The SMILES string of the molecule is C=CCCCCCCc1ccc(C)cc1.C=CCCCCCCc1ccccc1.CC.CC.CC.CC. The van der Waals surface area contributed by atoms with E-state index >= 15 is 0 Å². The molecule has 0 heteroatoms. The summed E-state index contributed by atoms with van der Waals surface area (Å²) in [5.74, 6) is 0. The third kappa shape index (κ3) is 33.9. The predicted octanol–water partition coefficient (Wildman–Crippen LogP) is 13.1. The maximum absolute atomic E-state index is 3.73. The predicted molar refractivity (Wildman–Crippen MR) is 177 cm³/mol. The minimum Gasteiger partial charge on any atom is -0.103 e. The second-order valence-corrected chi connectivity index (χ2v) is 7.95. The zero-order valence-corrected chi connectivity index (χ0v) is 26.8. The van der Waals surface area contributed by atoms with Crippen molar-refractivity contribution in [2.75, 3.05) is 0 Å². The molecule has 0 atom stereocenters. The minimum atomic E-state index is 1.17. The number of hydrogen-bond donors (Lipinski definition) is 0. The molecule has 0 saturated carbocycles. The number of hydrogen-bond acceptors (Lipinski definition) is 0. The van der Waals surface area contributed by atoms with Crippen LogP contribution in [0.2, 0.25) is 0 Å². The van der Waals surface area contributed by atoms with Gasteiger partial charge in [-0.1, -0.05) is 153 Å². The molecule has 0 radical (unpaired) electrons. The molecule has 0 saturated heterocycles. The summed E-state index contributed by atoms with van der Waals surface area (Å²) in [5.41, 5.74) is 4.30. The van der Waals surface area contributed by atoms with Crippen LogP contribution in [0.25, 0.3) is 0 Å². The molecule has 2 aromatic rings.